The van der Waals surface area contributed by atoms with Crippen molar-refractivity contribution in [3.8, 4) is 5.75 Å². The molecule has 3 aliphatic rings. The first-order valence-corrected chi connectivity index (χ1v) is 8.81. The maximum atomic E-state index is 6.01. The third-order valence-electron chi connectivity index (χ3n) is 4.69. The fraction of sp³-hybridized carbons (Fsp3) is 0.421. The second-order valence-electron chi connectivity index (χ2n) is 6.76. The van der Waals surface area contributed by atoms with Crippen molar-refractivity contribution in [2.24, 2.45) is 5.16 Å². The van der Waals surface area contributed by atoms with E-state index in [0.717, 1.165) is 47.5 Å². The Morgan fingerprint density at radius 2 is 2.19 bits per heavy atom. The normalized spacial score (nSPS) is 25.9. The minimum Gasteiger partial charge on any atom is -0.495 e. The fourth-order valence-corrected chi connectivity index (χ4v) is 3.37. The zero-order chi connectivity index (χ0) is 18.3. The van der Waals surface area contributed by atoms with Gasteiger partial charge in [-0.1, -0.05) is 11.2 Å². The zero-order valence-corrected chi connectivity index (χ0v) is 15.5. The number of nitrogens with zero attached hydrogens (tertiary/aromatic N) is 3. The van der Waals surface area contributed by atoms with Crippen molar-refractivity contribution in [1.82, 2.24) is 10.2 Å². The Balaban J connectivity index is 1.64. The van der Waals surface area contributed by atoms with Gasteiger partial charge in [-0.15, -0.1) is 0 Å². The van der Waals surface area contributed by atoms with Gasteiger partial charge in [0.2, 0.25) is 5.84 Å². The lowest BCUT2D eigenvalue weighted by atomic mass is 10.1. The molecule has 1 saturated heterocycles. The molecule has 1 fully saturated rings. The summed E-state index contributed by atoms with van der Waals surface area (Å²) in [7, 11) is 1.69. The molecule has 7 heteroatoms. The molecule has 1 aromatic rings. The van der Waals surface area contributed by atoms with Gasteiger partial charge in [-0.05, 0) is 44.5 Å². The molecule has 3 aliphatic heterocycles. The largest absolute Gasteiger partial charge is 0.495 e. The van der Waals surface area contributed by atoms with E-state index in [1.54, 1.807) is 7.11 Å². The molecule has 0 saturated carbocycles. The minimum atomic E-state index is -0.0608. The van der Waals surface area contributed by atoms with Crippen molar-refractivity contribution in [2.45, 2.75) is 33.1 Å². The molecule has 0 unspecified atom stereocenters. The highest BCUT2D eigenvalue weighted by molar-refractivity contribution is 6.01. The van der Waals surface area contributed by atoms with Crippen LogP contribution in [0.25, 0.3) is 6.08 Å². The highest BCUT2D eigenvalue weighted by atomic mass is 16.7. The van der Waals surface area contributed by atoms with Gasteiger partial charge in [-0.25, -0.2) is 0 Å². The third kappa shape index (κ3) is 2.94. The van der Waals surface area contributed by atoms with Crippen LogP contribution >= 0.6 is 0 Å². The van der Waals surface area contributed by atoms with Gasteiger partial charge < -0.3 is 29.4 Å². The number of amidine groups is 1. The summed E-state index contributed by atoms with van der Waals surface area (Å²) in [4.78, 5) is 9.65. The molecule has 3 heterocycles. The number of morpholine rings is 1. The van der Waals surface area contributed by atoms with Crippen LogP contribution in [-0.4, -0.2) is 43.4 Å². The standard InChI is InChI=1S/C19H24N4O3/c1-12-9-22(11-20-12)16-6-5-15(7-17(16)24-4)8-18-19-21-26-14(3)23(19)10-13(2)25-18/h5-9,13-14,20H,10-11H2,1-4H3/b18-8-/t13-,14+/m1/s1. The Morgan fingerprint density at radius 3 is 2.92 bits per heavy atom. The predicted octanol–water partition coefficient (Wildman–Crippen LogP) is 2.67. The van der Waals surface area contributed by atoms with Crippen LogP contribution in [0.1, 0.15) is 26.3 Å². The van der Waals surface area contributed by atoms with Gasteiger partial charge in [-0.3, -0.25) is 0 Å². The maximum absolute atomic E-state index is 6.01. The van der Waals surface area contributed by atoms with Gasteiger partial charge in [-0.2, -0.15) is 0 Å². The summed E-state index contributed by atoms with van der Waals surface area (Å²) in [5.41, 5.74) is 3.15. The topological polar surface area (TPSA) is 58.6 Å². The first-order valence-electron chi connectivity index (χ1n) is 8.81. The number of anilines is 1. The quantitative estimate of drug-likeness (QED) is 0.899. The number of benzene rings is 1. The van der Waals surface area contributed by atoms with E-state index in [1.807, 2.05) is 32.9 Å². The monoisotopic (exact) mass is 356 g/mol. The molecule has 0 spiro atoms. The predicted molar refractivity (Wildman–Crippen MR) is 100 cm³/mol. The molecular weight excluding hydrogens is 332 g/mol. The lowest BCUT2D eigenvalue weighted by Gasteiger charge is -2.32. The van der Waals surface area contributed by atoms with Crippen LogP contribution in [0.4, 0.5) is 5.69 Å². The van der Waals surface area contributed by atoms with Crippen molar-refractivity contribution < 1.29 is 14.3 Å². The van der Waals surface area contributed by atoms with E-state index < -0.39 is 0 Å². The highest BCUT2D eigenvalue weighted by Crippen LogP contribution is 2.33. The van der Waals surface area contributed by atoms with Crippen LogP contribution in [0.5, 0.6) is 5.75 Å². The first-order chi connectivity index (χ1) is 12.5. The van der Waals surface area contributed by atoms with E-state index in [-0.39, 0.29) is 12.3 Å². The lowest BCUT2D eigenvalue weighted by Crippen LogP contribution is -2.45. The molecule has 0 aromatic heterocycles. The Morgan fingerprint density at radius 1 is 1.35 bits per heavy atom. The van der Waals surface area contributed by atoms with Gasteiger partial charge in [0.05, 0.1) is 26.0 Å². The van der Waals surface area contributed by atoms with E-state index in [2.05, 4.69) is 38.6 Å². The summed E-state index contributed by atoms with van der Waals surface area (Å²) in [5.74, 6) is 2.29. The number of hydrogen-bond donors (Lipinski definition) is 1. The number of allylic oxidation sites excluding steroid dienone is 1. The smallest absolute Gasteiger partial charge is 0.213 e. The van der Waals surface area contributed by atoms with Gasteiger partial charge in [0.25, 0.3) is 0 Å². The minimum absolute atomic E-state index is 0.0608. The Kier molecular flexibility index (Phi) is 4.14. The first kappa shape index (κ1) is 16.6. The van der Waals surface area contributed by atoms with Crippen molar-refractivity contribution in [3.63, 3.8) is 0 Å². The second kappa shape index (κ2) is 6.48. The highest BCUT2D eigenvalue weighted by Gasteiger charge is 2.36. The summed E-state index contributed by atoms with van der Waals surface area (Å²) >= 11 is 0. The summed E-state index contributed by atoms with van der Waals surface area (Å²) < 4.78 is 11.6. The number of oxime groups is 1. The molecule has 1 N–H and O–H groups in total. The van der Waals surface area contributed by atoms with Crippen LogP contribution in [0.3, 0.4) is 0 Å². The van der Waals surface area contributed by atoms with Crippen molar-refractivity contribution in [3.05, 3.63) is 41.4 Å². The molecule has 0 amide bonds. The van der Waals surface area contributed by atoms with E-state index >= 15 is 0 Å². The Hall–Kier alpha value is -2.83. The van der Waals surface area contributed by atoms with Gasteiger partial charge in [0, 0.05) is 11.9 Å². The summed E-state index contributed by atoms with van der Waals surface area (Å²) in [5, 5.41) is 7.47. The number of nitrogens with one attached hydrogen (secondary N) is 1. The number of rotatable bonds is 3. The number of hydrogen-bond acceptors (Lipinski definition) is 7. The molecule has 138 valence electrons. The van der Waals surface area contributed by atoms with E-state index in [9.17, 15) is 0 Å². The zero-order valence-electron chi connectivity index (χ0n) is 15.5. The lowest BCUT2D eigenvalue weighted by molar-refractivity contribution is -0.00143. The average Bonchev–Trinajstić information content (AvgIpc) is 3.21. The Bertz CT molecular complexity index is 802. The molecular formula is C19H24N4O3. The van der Waals surface area contributed by atoms with Crippen molar-refractivity contribution in [1.29, 1.82) is 0 Å². The molecule has 4 rings (SSSR count). The number of methoxy groups -OCH3 is 1. The van der Waals surface area contributed by atoms with Gasteiger partial charge in [0.15, 0.2) is 12.0 Å². The molecule has 0 bridgehead atoms. The Labute approximate surface area is 153 Å². The average molecular weight is 356 g/mol. The fourth-order valence-electron chi connectivity index (χ4n) is 3.37. The third-order valence-corrected chi connectivity index (χ3v) is 4.69. The van der Waals surface area contributed by atoms with E-state index in [0.29, 0.717) is 0 Å². The van der Waals surface area contributed by atoms with Crippen molar-refractivity contribution in [2.75, 3.05) is 25.2 Å². The summed E-state index contributed by atoms with van der Waals surface area (Å²) in [6.45, 7) is 7.60. The molecule has 26 heavy (non-hydrogen) atoms. The van der Waals surface area contributed by atoms with Crippen LogP contribution in [0, 0.1) is 0 Å². The van der Waals surface area contributed by atoms with Crippen LogP contribution < -0.4 is 15.0 Å². The molecule has 1 aromatic carbocycles. The van der Waals surface area contributed by atoms with Crippen LogP contribution in [0.2, 0.25) is 0 Å². The summed E-state index contributed by atoms with van der Waals surface area (Å²) in [6, 6.07) is 6.12. The van der Waals surface area contributed by atoms with Gasteiger partial charge >= 0.3 is 0 Å². The SMILES string of the molecule is COc1cc(/C=C2\O[C@H](C)CN3C2=NO[C@H]3C)ccc1N1C=C(C)NC1. The number of fused-ring (bicyclic) bond motifs is 1. The van der Waals surface area contributed by atoms with Crippen LogP contribution in [0.15, 0.2) is 41.0 Å². The van der Waals surface area contributed by atoms with Crippen LogP contribution in [-0.2, 0) is 9.57 Å². The molecule has 0 aliphatic carbocycles. The van der Waals surface area contributed by atoms with E-state index in [1.165, 1.54) is 0 Å². The molecule has 2 atom stereocenters. The molecule has 0 radical (unpaired) electrons. The van der Waals surface area contributed by atoms with Crippen molar-refractivity contribution >= 4 is 17.6 Å². The number of ether oxygens (including phenoxy) is 2. The second-order valence-corrected chi connectivity index (χ2v) is 6.76. The van der Waals surface area contributed by atoms with E-state index in [4.69, 9.17) is 14.3 Å². The maximum Gasteiger partial charge on any atom is 0.213 e. The summed E-state index contributed by atoms with van der Waals surface area (Å²) in [6.07, 6.45) is 4.08. The molecule has 7 nitrogen and oxygen atoms in total. The van der Waals surface area contributed by atoms with Gasteiger partial charge in [0.1, 0.15) is 11.9 Å².